The molecule has 4 heterocycles. The Morgan fingerprint density at radius 2 is 2.13 bits per heavy atom. The van der Waals surface area contributed by atoms with Crippen LogP contribution in [0.4, 0.5) is 5.82 Å². The predicted molar refractivity (Wildman–Crippen MR) is 132 cm³/mol. The van der Waals surface area contributed by atoms with Crippen molar-refractivity contribution in [1.29, 1.82) is 0 Å². The van der Waals surface area contributed by atoms with Crippen LogP contribution in [0.2, 0.25) is 0 Å². The third kappa shape index (κ3) is 7.23. The molecular formula is C19H27N10O8P. The van der Waals surface area contributed by atoms with Gasteiger partial charge in [-0.15, -0.1) is 0 Å². The maximum Gasteiger partial charge on any atom is 0.350 e. The third-order valence-electron chi connectivity index (χ3n) is 5.45. The molecule has 0 radical (unpaired) electrons. The summed E-state index contributed by atoms with van der Waals surface area (Å²) in [6.07, 6.45) is 2.18. The number of nitrogens with zero attached hydrogens (tertiary/aromatic N) is 8. The van der Waals surface area contributed by atoms with E-state index in [9.17, 15) is 14.2 Å². The summed E-state index contributed by atoms with van der Waals surface area (Å²) in [7, 11) is -4.16. The summed E-state index contributed by atoms with van der Waals surface area (Å²) in [5.74, 6) is 0.285. The molecule has 0 spiro atoms. The number of ether oxygens (including phenoxy) is 2. The summed E-state index contributed by atoms with van der Waals surface area (Å²) in [5, 5.41) is 12.7. The number of aliphatic hydroxyl groups is 1. The lowest BCUT2D eigenvalue weighted by atomic mass is 10.1. The number of aromatic amines is 1. The number of aliphatic hydroxyl groups excluding tert-OH is 1. The number of hydrogen-bond acceptors (Lipinski definition) is 11. The Morgan fingerprint density at radius 3 is 2.79 bits per heavy atom. The van der Waals surface area contributed by atoms with Gasteiger partial charge in [0.05, 0.1) is 37.7 Å². The third-order valence-corrected chi connectivity index (χ3v) is 5.94. The Kier molecular flexibility index (Phi) is 9.35. The first-order valence-electron chi connectivity index (χ1n) is 11.1. The fourth-order valence-corrected chi connectivity index (χ4v) is 4.07. The number of nitrogen functional groups attached to an aromatic ring is 1. The molecule has 38 heavy (non-hydrogen) atoms. The second-order valence-electron chi connectivity index (χ2n) is 8.40. The highest BCUT2D eigenvalue weighted by atomic mass is 31.2. The van der Waals surface area contributed by atoms with E-state index in [1.165, 1.54) is 23.4 Å². The van der Waals surface area contributed by atoms with Gasteiger partial charge in [-0.3, -0.25) is 18.9 Å². The molecule has 0 aromatic carbocycles. The minimum atomic E-state index is -4.16. The quantitative estimate of drug-likeness (QED) is 0.104. The van der Waals surface area contributed by atoms with Gasteiger partial charge in [-0.25, -0.2) is 19.7 Å². The van der Waals surface area contributed by atoms with Crippen molar-refractivity contribution in [2.24, 2.45) is 5.11 Å². The van der Waals surface area contributed by atoms with Crippen LogP contribution in [0.1, 0.15) is 25.1 Å². The average molecular weight is 554 g/mol. The SMILES string of the molecule is C[C@H](Cn1cnc2c(N)ncnc21)OCP(=O)(O)O.Cc1cn([C@H]2C[C@H](N=[N+]=[N-])[C@@H](CO)O2)c(=O)[nH]c1=O. The number of fused-ring (bicyclic) bond motifs is 1. The van der Waals surface area contributed by atoms with Crippen LogP contribution in [0, 0.1) is 6.92 Å². The monoisotopic (exact) mass is 554 g/mol. The highest BCUT2D eigenvalue weighted by Gasteiger charge is 2.35. The standard InChI is InChI=1S/C10H13N5O4.C9H14N5O4P/c1-5-3-15(10(18)12-9(5)17)8-2-6(13-14-11)7(4-16)19-8;1-6(18-5-19(15,16)17)2-14-4-13-7-8(10)11-3-12-9(7)14/h3,6-8,16H,2,4H2,1H3,(H,12,17,18);3-4,6H,2,5H2,1H3,(H2,10,11,12)(H2,15,16,17)/t6-,7+,8+;6-/m01/s1. The van der Waals surface area contributed by atoms with Gasteiger partial charge in [0.25, 0.3) is 5.56 Å². The van der Waals surface area contributed by atoms with Crippen molar-refractivity contribution in [3.05, 3.63) is 55.7 Å². The van der Waals surface area contributed by atoms with Crippen molar-refractivity contribution in [1.82, 2.24) is 29.1 Å². The van der Waals surface area contributed by atoms with Crippen molar-refractivity contribution < 1.29 is 28.9 Å². The lowest BCUT2D eigenvalue weighted by Crippen LogP contribution is -2.33. The van der Waals surface area contributed by atoms with E-state index in [-0.39, 0.29) is 18.8 Å². The van der Waals surface area contributed by atoms with Gasteiger partial charge in [0.2, 0.25) is 0 Å². The van der Waals surface area contributed by atoms with E-state index in [1.807, 2.05) is 0 Å². The van der Waals surface area contributed by atoms with Gasteiger partial charge in [-0.05, 0) is 19.4 Å². The molecule has 4 atom stereocenters. The van der Waals surface area contributed by atoms with Crippen LogP contribution in [0.3, 0.4) is 0 Å². The summed E-state index contributed by atoms with van der Waals surface area (Å²) >= 11 is 0. The van der Waals surface area contributed by atoms with Gasteiger partial charge in [-0.2, -0.15) is 0 Å². The minimum absolute atomic E-state index is 0.265. The molecular weight excluding hydrogens is 527 g/mol. The summed E-state index contributed by atoms with van der Waals surface area (Å²) in [6, 6.07) is -0.542. The van der Waals surface area contributed by atoms with Gasteiger partial charge in [-0.1, -0.05) is 5.11 Å². The number of imidazole rings is 1. The number of H-pyrrole nitrogens is 1. The predicted octanol–water partition coefficient (Wildman–Crippen LogP) is -0.247. The molecule has 0 aliphatic carbocycles. The first kappa shape index (κ1) is 28.9. The molecule has 1 aliphatic heterocycles. The molecule has 1 fully saturated rings. The van der Waals surface area contributed by atoms with Gasteiger partial charge in [0.15, 0.2) is 11.5 Å². The molecule has 0 bridgehead atoms. The molecule has 0 saturated carbocycles. The molecule has 206 valence electrons. The molecule has 3 aromatic heterocycles. The second-order valence-corrected chi connectivity index (χ2v) is 9.99. The highest BCUT2D eigenvalue weighted by molar-refractivity contribution is 7.51. The summed E-state index contributed by atoms with van der Waals surface area (Å²) in [4.78, 5) is 57.3. The van der Waals surface area contributed by atoms with E-state index in [2.05, 4.69) is 30.0 Å². The minimum Gasteiger partial charge on any atom is -0.394 e. The van der Waals surface area contributed by atoms with E-state index in [0.717, 1.165) is 0 Å². The maximum atomic E-state index is 11.7. The summed E-state index contributed by atoms with van der Waals surface area (Å²) < 4.78 is 24.2. The lowest BCUT2D eigenvalue weighted by Gasteiger charge is -2.14. The zero-order valence-corrected chi connectivity index (χ0v) is 21.2. The number of hydrogen-bond donors (Lipinski definition) is 5. The Labute approximate surface area is 213 Å². The maximum absolute atomic E-state index is 11.7. The molecule has 1 saturated heterocycles. The van der Waals surface area contributed by atoms with Crippen molar-refractivity contribution >= 4 is 24.6 Å². The van der Waals surface area contributed by atoms with Crippen molar-refractivity contribution in [2.45, 2.75) is 51.3 Å². The molecule has 0 amide bonds. The number of anilines is 1. The second kappa shape index (κ2) is 12.3. The Bertz CT molecular complexity index is 1480. The van der Waals surface area contributed by atoms with E-state index in [1.54, 1.807) is 18.4 Å². The normalized spacial score (nSPS) is 20.0. The van der Waals surface area contributed by atoms with E-state index >= 15 is 0 Å². The molecule has 18 nitrogen and oxygen atoms in total. The zero-order chi connectivity index (χ0) is 28.0. The molecule has 3 aromatic rings. The molecule has 0 unspecified atom stereocenters. The summed E-state index contributed by atoms with van der Waals surface area (Å²) in [6.45, 7) is 3.31. The highest BCUT2D eigenvalue weighted by Crippen LogP contribution is 2.34. The Balaban J connectivity index is 0.000000211. The molecule has 4 rings (SSSR count). The number of nitrogens with one attached hydrogen (secondary N) is 1. The topological polar surface area (TPSA) is 269 Å². The van der Waals surface area contributed by atoms with Crippen LogP contribution >= 0.6 is 7.60 Å². The summed E-state index contributed by atoms with van der Waals surface area (Å²) in [5.41, 5.74) is 14.5. The van der Waals surface area contributed by atoms with Gasteiger partial charge in [0, 0.05) is 23.1 Å². The first-order chi connectivity index (χ1) is 17.9. The van der Waals surface area contributed by atoms with Crippen LogP contribution in [0.5, 0.6) is 0 Å². The smallest absolute Gasteiger partial charge is 0.350 e. The van der Waals surface area contributed by atoms with Gasteiger partial charge in [0.1, 0.15) is 24.4 Å². The molecule has 19 heteroatoms. The number of aromatic nitrogens is 6. The van der Waals surface area contributed by atoms with Gasteiger partial charge < -0.3 is 34.7 Å². The van der Waals surface area contributed by atoms with Crippen molar-refractivity contribution in [3.8, 4) is 0 Å². The number of azide groups is 1. The number of rotatable bonds is 8. The van der Waals surface area contributed by atoms with Crippen molar-refractivity contribution in [3.63, 3.8) is 0 Å². The Hall–Kier alpha value is -3.63. The number of aryl methyl sites for hydroxylation is 1. The van der Waals surface area contributed by atoms with Crippen LogP contribution in [0.15, 0.2) is 33.6 Å². The van der Waals surface area contributed by atoms with E-state index in [4.69, 9.17) is 35.6 Å². The van der Waals surface area contributed by atoms with Crippen LogP contribution in [0.25, 0.3) is 21.6 Å². The van der Waals surface area contributed by atoms with E-state index in [0.29, 0.717) is 23.3 Å². The molecule has 1 aliphatic rings. The van der Waals surface area contributed by atoms with Crippen LogP contribution in [-0.2, 0) is 20.6 Å². The van der Waals surface area contributed by atoms with Crippen LogP contribution < -0.4 is 17.0 Å². The average Bonchev–Trinajstić information content (AvgIpc) is 3.45. The Morgan fingerprint density at radius 1 is 1.39 bits per heavy atom. The number of nitrogens with two attached hydrogens (primary N) is 1. The van der Waals surface area contributed by atoms with Crippen molar-refractivity contribution in [2.75, 3.05) is 18.7 Å². The first-order valence-corrected chi connectivity index (χ1v) is 12.9. The fourth-order valence-electron chi connectivity index (χ4n) is 3.62. The van der Waals surface area contributed by atoms with E-state index < -0.39 is 49.7 Å². The molecule has 6 N–H and O–H groups in total. The van der Waals surface area contributed by atoms with Gasteiger partial charge >= 0.3 is 13.3 Å². The van der Waals surface area contributed by atoms with Crippen LogP contribution in [-0.4, -0.2) is 75.2 Å². The lowest BCUT2D eigenvalue weighted by molar-refractivity contribution is -0.0271. The zero-order valence-electron chi connectivity index (χ0n) is 20.4. The fraction of sp³-hybridized carbons (Fsp3) is 0.526. The largest absolute Gasteiger partial charge is 0.394 e.